The smallest absolute Gasteiger partial charge is 0.409 e. The van der Waals surface area contributed by atoms with Crippen LogP contribution in [0.25, 0.3) is 16.5 Å². The molecule has 1 aromatic carbocycles. The second-order valence-electron chi connectivity index (χ2n) is 16.8. The summed E-state index contributed by atoms with van der Waals surface area (Å²) in [6.45, 7) is 21.3. The molecular weight excluding hydrogens is 691 g/mol. The van der Waals surface area contributed by atoms with Gasteiger partial charge in [0.1, 0.15) is 5.60 Å². The van der Waals surface area contributed by atoms with E-state index in [9.17, 15) is 19.5 Å². The first-order valence-electron chi connectivity index (χ1n) is 18.2. The van der Waals surface area contributed by atoms with Gasteiger partial charge >= 0.3 is 12.2 Å². The maximum atomic E-state index is 14.1. The lowest BCUT2D eigenvalue weighted by molar-refractivity contribution is 0.0336. The zero-order valence-corrected chi connectivity index (χ0v) is 33.7. The molecule has 0 bridgehead atoms. The molecule has 14 heteroatoms. The molecule has 3 aromatic rings. The van der Waals surface area contributed by atoms with Crippen molar-refractivity contribution in [1.29, 1.82) is 0 Å². The van der Waals surface area contributed by atoms with Crippen LogP contribution in [0.2, 0.25) is 18.1 Å². The number of fused-ring (bicyclic) bond motifs is 1. The molecule has 2 aliphatic rings. The molecule has 2 aromatic heterocycles. The van der Waals surface area contributed by atoms with E-state index in [0.29, 0.717) is 35.4 Å². The van der Waals surface area contributed by atoms with Gasteiger partial charge in [0.25, 0.3) is 5.91 Å². The second-order valence-corrected chi connectivity index (χ2v) is 21.5. The standard InChI is InChI=1S/C39H55N7O6Si/c1-24-22-46(23-31(44-37(50)51-38(2,3)4)34(24)52-53(9,10)39(5,6)7)32-13-16-40-21-30(32)42-35(47)33-29(43-36(48)49)20-27-12-11-26(19-28(27)41-33)25-14-17-45(8)18-15-25/h11-14,16,19-21,24,31,34,43H,15,17-18,22-23H2,1-10H3,(H,42,47)(H,44,50)(H,48,49)/t24-,31+,34+/m0/s1. The van der Waals surface area contributed by atoms with E-state index in [4.69, 9.17) is 14.1 Å². The van der Waals surface area contributed by atoms with Crippen LogP contribution in [0.3, 0.4) is 0 Å². The highest BCUT2D eigenvalue weighted by Crippen LogP contribution is 2.40. The molecule has 4 N–H and O–H groups in total. The molecule has 0 unspecified atom stereocenters. The van der Waals surface area contributed by atoms with Gasteiger partial charge in [0.15, 0.2) is 14.0 Å². The summed E-state index contributed by atoms with van der Waals surface area (Å²) >= 11 is 0. The number of rotatable bonds is 8. The van der Waals surface area contributed by atoms with Gasteiger partial charge in [0.2, 0.25) is 0 Å². The molecule has 13 nitrogen and oxygen atoms in total. The zero-order chi connectivity index (χ0) is 38.9. The van der Waals surface area contributed by atoms with Crippen molar-refractivity contribution in [2.45, 2.75) is 90.8 Å². The van der Waals surface area contributed by atoms with Crippen molar-refractivity contribution in [2.24, 2.45) is 5.92 Å². The van der Waals surface area contributed by atoms with Crippen LogP contribution in [0, 0.1) is 5.92 Å². The van der Waals surface area contributed by atoms with E-state index < -0.39 is 38.1 Å². The first-order valence-corrected chi connectivity index (χ1v) is 21.1. The molecule has 0 radical (unpaired) electrons. The molecule has 1 saturated heterocycles. The highest BCUT2D eigenvalue weighted by atomic mass is 28.4. The van der Waals surface area contributed by atoms with Gasteiger partial charge in [0.05, 0.1) is 40.9 Å². The molecular formula is C39H55N7O6Si. The van der Waals surface area contributed by atoms with Crippen molar-refractivity contribution in [1.82, 2.24) is 20.2 Å². The Kier molecular flexibility index (Phi) is 11.6. The molecule has 0 aliphatic carbocycles. The summed E-state index contributed by atoms with van der Waals surface area (Å²) in [5.74, 6) is -0.613. The number of hydrogen-bond donors (Lipinski definition) is 4. The molecule has 53 heavy (non-hydrogen) atoms. The van der Waals surface area contributed by atoms with Crippen LogP contribution >= 0.6 is 0 Å². The topological polar surface area (TPSA) is 158 Å². The first-order chi connectivity index (χ1) is 24.7. The van der Waals surface area contributed by atoms with Crippen molar-refractivity contribution < 1.29 is 28.7 Å². The minimum absolute atomic E-state index is 0.0167. The van der Waals surface area contributed by atoms with Crippen molar-refractivity contribution in [3.05, 3.63) is 60.1 Å². The average Bonchev–Trinajstić information content (AvgIpc) is 3.04. The number of carboxylic acid groups (broad SMARTS) is 1. The van der Waals surface area contributed by atoms with Crippen LogP contribution in [0.5, 0.6) is 0 Å². The van der Waals surface area contributed by atoms with E-state index in [0.717, 1.165) is 25.1 Å². The number of carbonyl (C=O) groups excluding carboxylic acids is 2. The second kappa shape index (κ2) is 15.4. The summed E-state index contributed by atoms with van der Waals surface area (Å²) in [6.07, 6.45) is 4.18. The lowest BCUT2D eigenvalue weighted by Crippen LogP contribution is -2.63. The van der Waals surface area contributed by atoms with E-state index in [1.165, 1.54) is 5.57 Å². The normalized spacial score (nSPS) is 20.1. The SMILES string of the molecule is C[C@H]1CN(c2ccncc2NC(=O)c2nc3cc(C4=CCN(C)CC4)ccc3cc2NC(=O)O)C[C@@H](NC(=O)OC(C)(C)C)[C@@H]1O[Si](C)(C)C(C)(C)C. The minimum Gasteiger partial charge on any atom is -0.465 e. The number of benzene rings is 1. The fraction of sp³-hybridized carbons (Fsp3) is 0.513. The summed E-state index contributed by atoms with van der Waals surface area (Å²) in [5, 5.41) is 18.7. The van der Waals surface area contributed by atoms with Crippen molar-refractivity contribution in [3.8, 4) is 0 Å². The number of aromatic nitrogens is 2. The first kappa shape index (κ1) is 39.7. The molecule has 1 fully saturated rings. The fourth-order valence-corrected chi connectivity index (χ4v) is 7.92. The van der Waals surface area contributed by atoms with Gasteiger partial charge in [-0.3, -0.25) is 15.1 Å². The molecule has 286 valence electrons. The van der Waals surface area contributed by atoms with Crippen molar-refractivity contribution in [3.63, 3.8) is 0 Å². The number of amides is 3. The lowest BCUT2D eigenvalue weighted by atomic mass is 9.92. The van der Waals surface area contributed by atoms with Crippen LogP contribution in [-0.4, -0.2) is 97.4 Å². The number of nitrogens with zero attached hydrogens (tertiary/aromatic N) is 4. The van der Waals surface area contributed by atoms with Crippen LogP contribution in [-0.2, 0) is 9.16 Å². The van der Waals surface area contributed by atoms with Crippen LogP contribution in [0.15, 0.2) is 48.8 Å². The summed E-state index contributed by atoms with van der Waals surface area (Å²) in [5.41, 5.74) is 3.22. The number of alkyl carbamates (subject to hydrolysis) is 1. The van der Waals surface area contributed by atoms with Gasteiger partial charge < -0.3 is 34.7 Å². The Bertz CT molecular complexity index is 1890. The number of piperidine rings is 1. The van der Waals surface area contributed by atoms with E-state index in [-0.39, 0.29) is 28.4 Å². The summed E-state index contributed by atoms with van der Waals surface area (Å²) in [4.78, 5) is 52.4. The summed E-state index contributed by atoms with van der Waals surface area (Å²) < 4.78 is 12.6. The Morgan fingerprint density at radius 1 is 1.00 bits per heavy atom. The zero-order valence-electron chi connectivity index (χ0n) is 32.7. The van der Waals surface area contributed by atoms with E-state index >= 15 is 0 Å². The highest BCUT2D eigenvalue weighted by Gasteiger charge is 2.45. The Hall–Kier alpha value is -4.53. The number of ether oxygens (including phenoxy) is 1. The number of carbonyl (C=O) groups is 3. The van der Waals surface area contributed by atoms with Gasteiger partial charge in [-0.05, 0) is 81.7 Å². The lowest BCUT2D eigenvalue weighted by Gasteiger charge is -2.48. The quantitative estimate of drug-likeness (QED) is 0.171. The monoisotopic (exact) mass is 745 g/mol. The van der Waals surface area contributed by atoms with Crippen LogP contribution in [0.4, 0.5) is 26.7 Å². The number of pyridine rings is 2. The molecule has 2 aliphatic heterocycles. The molecule has 0 spiro atoms. The van der Waals surface area contributed by atoms with Crippen molar-refractivity contribution in [2.75, 3.05) is 48.8 Å². The van der Waals surface area contributed by atoms with Crippen molar-refractivity contribution >= 4 is 59.9 Å². The van der Waals surface area contributed by atoms with Gasteiger partial charge in [-0.1, -0.05) is 45.9 Å². The third-order valence-electron chi connectivity index (χ3n) is 10.3. The summed E-state index contributed by atoms with van der Waals surface area (Å²) in [7, 11) is -0.155. The van der Waals surface area contributed by atoms with Gasteiger partial charge in [-0.25, -0.2) is 14.6 Å². The largest absolute Gasteiger partial charge is 0.465 e. The fourth-order valence-electron chi connectivity index (χ4n) is 6.49. The van der Waals surface area contributed by atoms with Crippen LogP contribution in [0.1, 0.15) is 70.9 Å². The minimum atomic E-state index is -2.24. The molecule has 3 atom stereocenters. The summed E-state index contributed by atoms with van der Waals surface area (Å²) in [6, 6.07) is 8.85. The van der Waals surface area contributed by atoms with E-state index in [1.54, 1.807) is 18.5 Å². The molecule has 0 saturated carbocycles. The third kappa shape index (κ3) is 9.72. The Morgan fingerprint density at radius 2 is 1.74 bits per heavy atom. The predicted octanol–water partition coefficient (Wildman–Crippen LogP) is 7.43. The van der Waals surface area contributed by atoms with E-state index in [1.807, 2.05) is 45.0 Å². The van der Waals surface area contributed by atoms with Gasteiger partial charge in [-0.2, -0.15) is 0 Å². The number of anilines is 3. The predicted molar refractivity (Wildman–Crippen MR) is 212 cm³/mol. The maximum Gasteiger partial charge on any atom is 0.409 e. The Morgan fingerprint density at radius 3 is 2.38 bits per heavy atom. The molecule has 4 heterocycles. The molecule has 3 amide bonds. The Labute approximate surface area is 313 Å². The van der Waals surface area contributed by atoms with Gasteiger partial charge in [0, 0.05) is 43.7 Å². The third-order valence-corrected chi connectivity index (χ3v) is 14.7. The number of nitrogens with one attached hydrogen (secondary N) is 3. The highest BCUT2D eigenvalue weighted by molar-refractivity contribution is 6.74. The maximum absolute atomic E-state index is 14.1. The van der Waals surface area contributed by atoms with Gasteiger partial charge in [-0.15, -0.1) is 0 Å². The average molecular weight is 746 g/mol. The number of likely N-dealkylation sites (N-methyl/N-ethyl adjacent to an activating group) is 1. The number of hydrogen-bond acceptors (Lipinski definition) is 9. The van der Waals surface area contributed by atoms with Crippen LogP contribution < -0.4 is 20.9 Å². The van der Waals surface area contributed by atoms with E-state index in [2.05, 4.69) is 84.6 Å². The molecule has 5 rings (SSSR count). The Balaban J connectivity index is 1.46.